The summed E-state index contributed by atoms with van der Waals surface area (Å²) in [5.74, 6) is -0.951. The van der Waals surface area contributed by atoms with Crippen LogP contribution < -0.4 is 10.6 Å². The molecule has 3 aromatic heterocycles. The number of nitrogens with one attached hydrogen (secondary N) is 2. The van der Waals surface area contributed by atoms with Gasteiger partial charge in [0.05, 0.1) is 17.5 Å². The lowest BCUT2D eigenvalue weighted by molar-refractivity contribution is -0.118. The Bertz CT molecular complexity index is 1530. The molecule has 0 saturated heterocycles. The van der Waals surface area contributed by atoms with Crippen molar-refractivity contribution in [3.05, 3.63) is 78.2 Å². The largest absolute Gasteiger partial charge is 0.340 e. The molecule has 3 heterocycles. The maximum absolute atomic E-state index is 13.2. The van der Waals surface area contributed by atoms with Crippen molar-refractivity contribution >= 4 is 38.3 Å². The molecule has 0 saturated carbocycles. The Balaban J connectivity index is 1.48. The van der Waals surface area contributed by atoms with Gasteiger partial charge in [0.2, 0.25) is 15.9 Å². The monoisotopic (exact) mass is 552 g/mol. The van der Waals surface area contributed by atoms with E-state index in [-0.39, 0.29) is 5.56 Å². The maximum atomic E-state index is 13.2. The van der Waals surface area contributed by atoms with Crippen LogP contribution in [0.4, 0.5) is 5.13 Å². The molecule has 4 rings (SSSR count). The van der Waals surface area contributed by atoms with Crippen molar-refractivity contribution in [2.24, 2.45) is 0 Å². The van der Waals surface area contributed by atoms with Crippen LogP contribution >= 0.6 is 11.3 Å². The molecule has 0 aliphatic carbocycles. The normalized spacial score (nSPS) is 12.3. The third kappa shape index (κ3) is 6.91. The highest BCUT2D eigenvalue weighted by atomic mass is 32.2. The van der Waals surface area contributed by atoms with E-state index in [2.05, 4.69) is 20.6 Å². The second-order valence-corrected chi connectivity index (χ2v) is 11.7. The summed E-state index contributed by atoms with van der Waals surface area (Å²) in [7, 11) is 0.222. The van der Waals surface area contributed by atoms with Crippen LogP contribution in [-0.2, 0) is 14.8 Å². The molecule has 0 spiro atoms. The van der Waals surface area contributed by atoms with E-state index in [0.717, 1.165) is 32.6 Å². The molecule has 0 aliphatic rings. The molecule has 1 aromatic carbocycles. The Morgan fingerprint density at radius 1 is 1.08 bits per heavy atom. The van der Waals surface area contributed by atoms with Gasteiger partial charge in [-0.1, -0.05) is 18.2 Å². The predicted molar refractivity (Wildman–Crippen MR) is 149 cm³/mol. The zero-order valence-corrected chi connectivity index (χ0v) is 22.8. The molecule has 198 valence electrons. The minimum Gasteiger partial charge on any atom is -0.340 e. The summed E-state index contributed by atoms with van der Waals surface area (Å²) < 4.78 is 24.4. The second-order valence-electron chi connectivity index (χ2n) is 8.95. The fourth-order valence-electron chi connectivity index (χ4n) is 3.67. The molecule has 0 fully saturated rings. The Morgan fingerprint density at radius 2 is 1.82 bits per heavy atom. The van der Waals surface area contributed by atoms with Crippen LogP contribution in [0.3, 0.4) is 0 Å². The number of carbonyl (C=O) groups excluding carboxylic acids is 2. The number of hydrogen-bond donors (Lipinski definition) is 2. The fourth-order valence-corrected chi connectivity index (χ4v) is 4.98. The van der Waals surface area contributed by atoms with Gasteiger partial charge >= 0.3 is 0 Å². The van der Waals surface area contributed by atoms with Gasteiger partial charge in [0, 0.05) is 35.7 Å². The average Bonchev–Trinajstić information content (AvgIpc) is 3.57. The molecule has 1 atom stereocenters. The lowest BCUT2D eigenvalue weighted by Gasteiger charge is -2.19. The number of rotatable bonds is 10. The van der Waals surface area contributed by atoms with Gasteiger partial charge in [-0.3, -0.25) is 18.5 Å². The summed E-state index contributed by atoms with van der Waals surface area (Å²) in [6, 6.07) is 12.3. The van der Waals surface area contributed by atoms with Crippen LogP contribution in [0.5, 0.6) is 0 Å². The van der Waals surface area contributed by atoms with E-state index < -0.39 is 27.9 Å². The van der Waals surface area contributed by atoms with E-state index in [1.165, 1.54) is 29.8 Å². The number of amides is 2. The lowest BCUT2D eigenvalue weighted by Crippen LogP contribution is -2.45. The SMILES string of the molecule is CN(C)CC[C@@H](NC(=O)c1ccn(S(C)(=O)=O)c1)C(=O)Nc1nc(-c2cccc(-c3ccncc3)c2)cs1. The predicted octanol–water partition coefficient (Wildman–Crippen LogP) is 3.17. The minimum atomic E-state index is -3.52. The van der Waals surface area contributed by atoms with Gasteiger partial charge < -0.3 is 15.5 Å². The number of hydrogen-bond acceptors (Lipinski definition) is 8. The standard InChI is InChI=1S/C26H28N6O4S2/c1-31(2)13-10-22(28-24(33)21-9-14-32(16-21)38(3,35)36)25(34)30-26-29-23(17-37-26)20-6-4-5-19(15-20)18-7-11-27-12-8-18/h4-9,11-12,14-17,22H,10,13H2,1-3H3,(H,28,33)(H,29,30,34)/t22-/m1/s1. The van der Waals surface area contributed by atoms with Gasteiger partial charge in [0.1, 0.15) is 6.04 Å². The molecule has 0 unspecified atom stereocenters. The van der Waals surface area contributed by atoms with Crippen LogP contribution in [0.1, 0.15) is 16.8 Å². The van der Waals surface area contributed by atoms with E-state index in [1.54, 1.807) is 12.4 Å². The summed E-state index contributed by atoms with van der Waals surface area (Å²) in [6.07, 6.45) is 7.39. The van der Waals surface area contributed by atoms with E-state index in [4.69, 9.17) is 0 Å². The van der Waals surface area contributed by atoms with Crippen molar-refractivity contribution in [2.75, 3.05) is 32.2 Å². The van der Waals surface area contributed by atoms with Gasteiger partial charge in [-0.2, -0.15) is 0 Å². The Hall–Kier alpha value is -3.87. The first-order valence-electron chi connectivity index (χ1n) is 11.7. The number of benzene rings is 1. The Morgan fingerprint density at radius 3 is 2.50 bits per heavy atom. The first kappa shape index (κ1) is 27.2. The summed E-state index contributed by atoms with van der Waals surface area (Å²) in [4.78, 5) is 36.5. The molecule has 10 nitrogen and oxygen atoms in total. The third-order valence-electron chi connectivity index (χ3n) is 5.71. The van der Waals surface area contributed by atoms with Crippen LogP contribution in [0, 0.1) is 0 Å². The topological polar surface area (TPSA) is 126 Å². The number of carbonyl (C=O) groups is 2. The number of aromatic nitrogens is 3. The van der Waals surface area contributed by atoms with Gasteiger partial charge in [-0.15, -0.1) is 11.3 Å². The van der Waals surface area contributed by atoms with E-state index in [1.807, 2.05) is 60.8 Å². The van der Waals surface area contributed by atoms with Gasteiger partial charge in [-0.25, -0.2) is 13.4 Å². The zero-order chi connectivity index (χ0) is 27.3. The molecule has 0 aliphatic heterocycles. The lowest BCUT2D eigenvalue weighted by atomic mass is 10.0. The number of pyridine rings is 1. The zero-order valence-electron chi connectivity index (χ0n) is 21.2. The van der Waals surface area contributed by atoms with Gasteiger partial charge in [0.15, 0.2) is 5.13 Å². The van der Waals surface area contributed by atoms with Crippen LogP contribution in [0.15, 0.2) is 72.6 Å². The molecule has 4 aromatic rings. The summed E-state index contributed by atoms with van der Waals surface area (Å²) >= 11 is 1.29. The molecule has 38 heavy (non-hydrogen) atoms. The molecule has 0 bridgehead atoms. The van der Waals surface area contributed by atoms with Crippen LogP contribution in [-0.4, -0.2) is 72.0 Å². The first-order chi connectivity index (χ1) is 18.1. The first-order valence-corrected chi connectivity index (χ1v) is 14.4. The van der Waals surface area contributed by atoms with Crippen molar-refractivity contribution in [3.63, 3.8) is 0 Å². The fraction of sp³-hybridized carbons (Fsp3) is 0.231. The number of nitrogens with zero attached hydrogens (tertiary/aromatic N) is 4. The number of anilines is 1. The smallest absolute Gasteiger partial charge is 0.253 e. The summed E-state index contributed by atoms with van der Waals surface area (Å²) in [6.45, 7) is 0.549. The maximum Gasteiger partial charge on any atom is 0.253 e. The highest BCUT2D eigenvalue weighted by Gasteiger charge is 2.23. The summed E-state index contributed by atoms with van der Waals surface area (Å²) in [5, 5.41) is 7.81. The highest BCUT2D eigenvalue weighted by Crippen LogP contribution is 2.28. The minimum absolute atomic E-state index is 0.142. The van der Waals surface area contributed by atoms with Crippen molar-refractivity contribution in [3.8, 4) is 22.4 Å². The van der Waals surface area contributed by atoms with Crippen molar-refractivity contribution in [2.45, 2.75) is 12.5 Å². The summed E-state index contributed by atoms with van der Waals surface area (Å²) in [5.41, 5.74) is 3.83. The van der Waals surface area contributed by atoms with E-state index in [9.17, 15) is 18.0 Å². The molecular formula is C26H28N6O4S2. The van der Waals surface area contributed by atoms with Gasteiger partial charge in [0.25, 0.3) is 5.91 Å². The quantitative estimate of drug-likeness (QED) is 0.309. The Kier molecular flexibility index (Phi) is 8.35. The second kappa shape index (κ2) is 11.7. The van der Waals surface area contributed by atoms with Crippen molar-refractivity contribution < 1.29 is 18.0 Å². The molecule has 12 heteroatoms. The average molecular weight is 553 g/mol. The molecule has 2 N–H and O–H groups in total. The van der Waals surface area contributed by atoms with E-state index >= 15 is 0 Å². The van der Waals surface area contributed by atoms with E-state index in [0.29, 0.717) is 18.1 Å². The Labute approximate surface area is 225 Å². The van der Waals surface area contributed by atoms with Crippen LogP contribution in [0.2, 0.25) is 0 Å². The third-order valence-corrected chi connectivity index (χ3v) is 7.46. The van der Waals surface area contributed by atoms with Gasteiger partial charge in [-0.05, 0) is 62.5 Å². The molecule has 0 radical (unpaired) electrons. The molecular weight excluding hydrogens is 524 g/mol. The van der Waals surface area contributed by atoms with Crippen molar-refractivity contribution in [1.82, 2.24) is 24.2 Å². The van der Waals surface area contributed by atoms with Crippen molar-refractivity contribution in [1.29, 1.82) is 0 Å². The number of thiazole rings is 1. The molecule has 2 amide bonds. The highest BCUT2D eigenvalue weighted by molar-refractivity contribution is 7.89. The van der Waals surface area contributed by atoms with Crippen LogP contribution in [0.25, 0.3) is 22.4 Å².